The number of methoxy groups -OCH3 is 1. The highest BCUT2D eigenvalue weighted by molar-refractivity contribution is 6.06. The molecule has 7 rings (SSSR count). The second kappa shape index (κ2) is 11.1. The van der Waals surface area contributed by atoms with Crippen LogP contribution in [0.1, 0.15) is 42.4 Å². The number of benzene rings is 3. The lowest BCUT2D eigenvalue weighted by atomic mass is 9.91. The summed E-state index contributed by atoms with van der Waals surface area (Å²) in [5.41, 5.74) is 4.92. The summed E-state index contributed by atoms with van der Waals surface area (Å²) in [5, 5.41) is 4.29. The highest BCUT2D eigenvalue weighted by Crippen LogP contribution is 2.50. The summed E-state index contributed by atoms with van der Waals surface area (Å²) in [6.45, 7) is 2.70. The number of aromatic amines is 1. The van der Waals surface area contributed by atoms with E-state index in [1.165, 1.54) is 12.1 Å². The average Bonchev–Trinajstić information content (AvgIpc) is 3.45. The van der Waals surface area contributed by atoms with Crippen molar-refractivity contribution in [1.29, 1.82) is 0 Å². The summed E-state index contributed by atoms with van der Waals surface area (Å²) in [6, 6.07) is 17.7. The summed E-state index contributed by atoms with van der Waals surface area (Å²) >= 11 is 0. The molecule has 3 aromatic carbocycles. The van der Waals surface area contributed by atoms with Gasteiger partial charge in [0.25, 0.3) is 0 Å². The van der Waals surface area contributed by atoms with Crippen LogP contribution in [0.25, 0.3) is 44.8 Å². The number of H-pyrrole nitrogens is 1. The Morgan fingerprint density at radius 2 is 1.80 bits per heavy atom. The molecule has 6 aromatic rings. The average molecular weight is 588 g/mol. The van der Waals surface area contributed by atoms with E-state index in [9.17, 15) is 9.18 Å². The number of hydrogen-bond acceptors (Lipinski definition) is 7. The third-order valence-electron chi connectivity index (χ3n) is 8.24. The molecule has 1 aliphatic carbocycles. The quantitative estimate of drug-likeness (QED) is 0.157. The predicted molar refractivity (Wildman–Crippen MR) is 167 cm³/mol. The molecule has 220 valence electrons. The van der Waals surface area contributed by atoms with Crippen LogP contribution in [-0.2, 0) is 5.41 Å². The molecule has 0 unspecified atom stereocenters. The van der Waals surface area contributed by atoms with E-state index >= 15 is 0 Å². The Hall–Kier alpha value is -5.31. The zero-order valence-electron chi connectivity index (χ0n) is 24.4. The summed E-state index contributed by atoms with van der Waals surface area (Å²) in [4.78, 5) is 30.5. The maximum Gasteiger partial charge on any atom is 0.167 e. The Bertz CT molecular complexity index is 1960. The van der Waals surface area contributed by atoms with Crippen LogP contribution in [0.15, 0.2) is 89.9 Å². The highest BCUT2D eigenvalue weighted by atomic mass is 19.1. The lowest BCUT2D eigenvalue weighted by Crippen LogP contribution is -2.17. The number of carbonyl (C=O) groups excluding carboxylic acids is 1. The predicted octanol–water partition coefficient (Wildman–Crippen LogP) is 7.83. The number of ketones is 1. The molecule has 1 aliphatic rings. The van der Waals surface area contributed by atoms with Gasteiger partial charge < -0.3 is 19.5 Å². The summed E-state index contributed by atoms with van der Waals surface area (Å²) in [7, 11) is 1.58. The first-order chi connectivity index (χ1) is 21.5. The number of halogens is 1. The van der Waals surface area contributed by atoms with Crippen LogP contribution >= 0.6 is 0 Å². The van der Waals surface area contributed by atoms with Crippen LogP contribution in [0.5, 0.6) is 5.75 Å². The van der Waals surface area contributed by atoms with Crippen molar-refractivity contribution in [2.24, 2.45) is 0 Å². The van der Waals surface area contributed by atoms with Crippen molar-refractivity contribution < 1.29 is 18.3 Å². The van der Waals surface area contributed by atoms with Crippen LogP contribution in [0.2, 0.25) is 0 Å². The fourth-order valence-electron chi connectivity index (χ4n) is 5.86. The highest BCUT2D eigenvalue weighted by Gasteiger charge is 2.48. The van der Waals surface area contributed by atoms with E-state index in [4.69, 9.17) is 9.15 Å². The Balaban J connectivity index is 1.36. The van der Waals surface area contributed by atoms with Gasteiger partial charge in [-0.15, -0.1) is 0 Å². The number of aromatic nitrogens is 4. The first-order valence-electron chi connectivity index (χ1n) is 14.6. The fraction of sp³-hybridized carbons (Fsp3) is 0.200. The van der Waals surface area contributed by atoms with E-state index in [1.807, 2.05) is 31.2 Å². The third-order valence-corrected chi connectivity index (χ3v) is 8.24. The SMILES string of the molecule is CCNc1cc2oc(-c3ccc(F)cc3)c(-c3ncc[nH]3)c2cc1-c1ccc(OC)c(C(=O)CC2(c3ncccn3)CC2)c1. The molecule has 9 heteroatoms. The molecule has 2 N–H and O–H groups in total. The Morgan fingerprint density at radius 3 is 2.48 bits per heavy atom. The first kappa shape index (κ1) is 27.5. The van der Waals surface area contributed by atoms with Gasteiger partial charge in [-0.25, -0.2) is 19.3 Å². The molecule has 0 saturated heterocycles. The minimum atomic E-state index is -0.335. The monoisotopic (exact) mass is 587 g/mol. The van der Waals surface area contributed by atoms with E-state index in [-0.39, 0.29) is 17.0 Å². The molecule has 44 heavy (non-hydrogen) atoms. The minimum Gasteiger partial charge on any atom is -0.496 e. The number of anilines is 1. The molecule has 1 fully saturated rings. The molecular weight excluding hydrogens is 557 g/mol. The van der Waals surface area contributed by atoms with Gasteiger partial charge in [0.05, 0.1) is 18.2 Å². The molecule has 0 atom stereocenters. The van der Waals surface area contributed by atoms with Crippen molar-refractivity contribution in [3.8, 4) is 39.6 Å². The molecule has 0 aliphatic heterocycles. The summed E-state index contributed by atoms with van der Waals surface area (Å²) < 4.78 is 25.9. The standard InChI is InChI=1S/C35H30FN5O3/c1-3-37-27-19-30-26(31(33-38-15-16-39-33)32(44-30)21-5-8-23(36)9-6-21)18-24(27)22-7-10-29(43-2)25(17-22)28(42)20-35(11-12-35)34-40-13-4-14-41-34/h4-10,13-19,37H,3,11-12,20H2,1-2H3,(H,38,39). The number of furan rings is 1. The van der Waals surface area contributed by atoms with Gasteiger partial charge in [-0.3, -0.25) is 4.79 Å². The Morgan fingerprint density at radius 1 is 1.02 bits per heavy atom. The second-order valence-electron chi connectivity index (χ2n) is 11.0. The van der Waals surface area contributed by atoms with Gasteiger partial charge >= 0.3 is 0 Å². The normalized spacial score (nSPS) is 13.6. The fourth-order valence-corrected chi connectivity index (χ4v) is 5.86. The summed E-state index contributed by atoms with van der Waals surface area (Å²) in [5.74, 6) is 2.11. The zero-order valence-corrected chi connectivity index (χ0v) is 24.4. The van der Waals surface area contributed by atoms with E-state index < -0.39 is 0 Å². The molecule has 0 bridgehead atoms. The van der Waals surface area contributed by atoms with E-state index in [1.54, 1.807) is 50.1 Å². The number of nitrogens with zero attached hydrogens (tertiary/aromatic N) is 3. The molecule has 3 aromatic heterocycles. The maximum atomic E-state index is 13.8. The topological polar surface area (TPSA) is 106 Å². The number of nitrogens with one attached hydrogen (secondary N) is 2. The van der Waals surface area contributed by atoms with Gasteiger partial charge in [0.1, 0.15) is 34.6 Å². The molecule has 8 nitrogen and oxygen atoms in total. The molecule has 1 saturated carbocycles. The van der Waals surface area contributed by atoms with Gasteiger partial charge in [-0.05, 0) is 73.9 Å². The number of fused-ring (bicyclic) bond motifs is 1. The van der Waals surface area contributed by atoms with E-state index in [0.717, 1.165) is 46.2 Å². The van der Waals surface area contributed by atoms with Crippen molar-refractivity contribution in [2.75, 3.05) is 19.0 Å². The van der Waals surface area contributed by atoms with Gasteiger partial charge in [0.15, 0.2) is 5.78 Å². The van der Waals surface area contributed by atoms with Crippen molar-refractivity contribution >= 4 is 22.4 Å². The first-order valence-corrected chi connectivity index (χ1v) is 14.6. The van der Waals surface area contributed by atoms with E-state index in [2.05, 4.69) is 31.3 Å². The number of hydrogen-bond donors (Lipinski definition) is 2. The van der Waals surface area contributed by atoms with Crippen LogP contribution in [0, 0.1) is 5.82 Å². The lowest BCUT2D eigenvalue weighted by molar-refractivity contribution is 0.0965. The molecule has 0 spiro atoms. The minimum absolute atomic E-state index is 0.0158. The molecule has 0 amide bonds. The number of carbonyl (C=O) groups is 1. The van der Waals surface area contributed by atoms with Crippen LogP contribution in [0.3, 0.4) is 0 Å². The maximum absolute atomic E-state index is 13.8. The van der Waals surface area contributed by atoms with Crippen LogP contribution in [-0.4, -0.2) is 39.4 Å². The van der Waals surface area contributed by atoms with Crippen LogP contribution < -0.4 is 10.1 Å². The largest absolute Gasteiger partial charge is 0.496 e. The number of Topliss-reactive ketones (excluding diaryl/α,β-unsaturated/α-hetero) is 1. The smallest absolute Gasteiger partial charge is 0.167 e. The molecule has 0 radical (unpaired) electrons. The Labute approximate surface area is 253 Å². The van der Waals surface area contributed by atoms with Gasteiger partial charge in [-0.1, -0.05) is 6.07 Å². The van der Waals surface area contributed by atoms with E-state index in [0.29, 0.717) is 47.3 Å². The van der Waals surface area contributed by atoms with Gasteiger partial charge in [0, 0.05) is 71.4 Å². The molecule has 3 heterocycles. The Kier molecular flexibility index (Phi) is 6.93. The summed E-state index contributed by atoms with van der Waals surface area (Å²) in [6.07, 6.45) is 8.94. The number of imidazole rings is 1. The lowest BCUT2D eigenvalue weighted by Gasteiger charge is -2.16. The van der Waals surface area contributed by atoms with Gasteiger partial charge in [-0.2, -0.15) is 0 Å². The second-order valence-corrected chi connectivity index (χ2v) is 11.0. The third kappa shape index (κ3) is 4.90. The van der Waals surface area contributed by atoms with Crippen molar-refractivity contribution in [3.05, 3.63) is 103 Å². The van der Waals surface area contributed by atoms with Crippen molar-refractivity contribution in [1.82, 2.24) is 19.9 Å². The number of rotatable bonds is 10. The van der Waals surface area contributed by atoms with Crippen LogP contribution in [0.4, 0.5) is 10.1 Å². The van der Waals surface area contributed by atoms with Crippen molar-refractivity contribution in [3.63, 3.8) is 0 Å². The van der Waals surface area contributed by atoms with Crippen molar-refractivity contribution in [2.45, 2.75) is 31.6 Å². The zero-order chi connectivity index (χ0) is 30.3. The number of ether oxygens (including phenoxy) is 1. The molecular formula is C35H30FN5O3. The van der Waals surface area contributed by atoms with Gasteiger partial charge in [0.2, 0.25) is 0 Å².